The van der Waals surface area contributed by atoms with Crippen molar-refractivity contribution in [3.8, 4) is 0 Å². The molecule has 1 aliphatic rings. The summed E-state index contributed by atoms with van der Waals surface area (Å²) in [6, 6.07) is 0.340. The van der Waals surface area contributed by atoms with Gasteiger partial charge in [0.2, 0.25) is 10.0 Å². The first-order valence-corrected chi connectivity index (χ1v) is 9.51. The topological polar surface area (TPSA) is 49.4 Å². The highest BCUT2D eigenvalue weighted by Gasteiger charge is 2.37. The van der Waals surface area contributed by atoms with Gasteiger partial charge in [0.05, 0.1) is 5.75 Å². The molecule has 1 fully saturated rings. The Morgan fingerprint density at radius 2 is 1.95 bits per heavy atom. The molecular formula is C15H32N2O2S. The van der Waals surface area contributed by atoms with E-state index < -0.39 is 10.0 Å². The predicted molar refractivity (Wildman–Crippen MR) is 85.3 cm³/mol. The van der Waals surface area contributed by atoms with Crippen LogP contribution in [0.15, 0.2) is 0 Å². The van der Waals surface area contributed by atoms with E-state index in [1.54, 1.807) is 4.31 Å². The van der Waals surface area contributed by atoms with Crippen LogP contribution in [-0.4, -0.2) is 43.6 Å². The molecule has 0 saturated carbocycles. The van der Waals surface area contributed by atoms with Crippen LogP contribution < -0.4 is 5.32 Å². The lowest BCUT2D eigenvalue weighted by atomic mass is 9.99. The molecule has 0 amide bonds. The maximum atomic E-state index is 12.7. The van der Waals surface area contributed by atoms with E-state index in [4.69, 9.17) is 0 Å². The van der Waals surface area contributed by atoms with Crippen molar-refractivity contribution >= 4 is 10.0 Å². The van der Waals surface area contributed by atoms with Crippen molar-refractivity contribution in [2.45, 2.75) is 72.4 Å². The molecule has 0 aromatic rings. The first kappa shape index (κ1) is 17.9. The van der Waals surface area contributed by atoms with E-state index >= 15 is 0 Å². The molecule has 1 rings (SSSR count). The number of hydrogen-bond acceptors (Lipinski definition) is 3. The lowest BCUT2D eigenvalue weighted by Crippen LogP contribution is -2.54. The summed E-state index contributed by atoms with van der Waals surface area (Å²) in [6.45, 7) is 11.8. The second-order valence-corrected chi connectivity index (χ2v) is 9.16. The largest absolute Gasteiger partial charge is 0.313 e. The second-order valence-electron chi connectivity index (χ2n) is 7.23. The molecule has 20 heavy (non-hydrogen) atoms. The van der Waals surface area contributed by atoms with Crippen molar-refractivity contribution in [2.24, 2.45) is 5.41 Å². The van der Waals surface area contributed by atoms with E-state index in [9.17, 15) is 8.42 Å². The van der Waals surface area contributed by atoms with Gasteiger partial charge < -0.3 is 5.32 Å². The summed E-state index contributed by atoms with van der Waals surface area (Å²) in [5.41, 5.74) is -0.194. The number of nitrogens with one attached hydrogen (secondary N) is 1. The fourth-order valence-electron chi connectivity index (χ4n) is 2.91. The van der Waals surface area contributed by atoms with E-state index in [1.165, 1.54) is 0 Å². The van der Waals surface area contributed by atoms with Crippen LogP contribution in [0.1, 0.15) is 60.3 Å². The summed E-state index contributed by atoms with van der Waals surface area (Å²) < 4.78 is 27.1. The van der Waals surface area contributed by atoms with Gasteiger partial charge >= 0.3 is 0 Å². The van der Waals surface area contributed by atoms with Gasteiger partial charge in [-0.3, -0.25) is 0 Å². The standard InChI is InChI=1S/C15H32N2O2S/c1-6-10-16-13(2)14-9-7-8-11-17(14)20(18,19)12-15(3,4)5/h13-14,16H,6-12H2,1-5H3. The minimum atomic E-state index is -3.17. The van der Waals surface area contributed by atoms with Crippen molar-refractivity contribution in [1.82, 2.24) is 9.62 Å². The molecule has 0 radical (unpaired) electrons. The maximum absolute atomic E-state index is 12.7. The zero-order chi connectivity index (χ0) is 15.4. The molecule has 0 bridgehead atoms. The minimum Gasteiger partial charge on any atom is -0.313 e. The predicted octanol–water partition coefficient (Wildman–Crippen LogP) is 2.60. The third-order valence-electron chi connectivity index (χ3n) is 3.76. The third kappa shape index (κ3) is 5.34. The number of nitrogens with zero attached hydrogens (tertiary/aromatic N) is 1. The maximum Gasteiger partial charge on any atom is 0.214 e. The molecular weight excluding hydrogens is 272 g/mol. The van der Waals surface area contributed by atoms with Gasteiger partial charge in [0.15, 0.2) is 0 Å². The summed E-state index contributed by atoms with van der Waals surface area (Å²) in [5.74, 6) is 0.233. The molecule has 0 aromatic heterocycles. The van der Waals surface area contributed by atoms with Gasteiger partial charge in [0.25, 0.3) is 0 Å². The third-order valence-corrected chi connectivity index (χ3v) is 6.16. The minimum absolute atomic E-state index is 0.114. The van der Waals surface area contributed by atoms with Gasteiger partial charge in [-0.25, -0.2) is 8.42 Å². The van der Waals surface area contributed by atoms with Crippen LogP contribution in [-0.2, 0) is 10.0 Å². The Kier molecular flexibility index (Phi) is 6.48. The molecule has 4 nitrogen and oxygen atoms in total. The normalized spacial score (nSPS) is 23.8. The average molecular weight is 305 g/mol. The SMILES string of the molecule is CCCNC(C)C1CCCCN1S(=O)(=O)CC(C)(C)C. The lowest BCUT2D eigenvalue weighted by molar-refractivity contribution is 0.206. The Balaban J connectivity index is 2.82. The van der Waals surface area contributed by atoms with Crippen LogP contribution in [0.2, 0.25) is 0 Å². The molecule has 0 spiro atoms. The Hall–Kier alpha value is -0.130. The Morgan fingerprint density at radius 1 is 1.30 bits per heavy atom. The Bertz CT molecular complexity index is 387. The smallest absolute Gasteiger partial charge is 0.214 e. The highest BCUT2D eigenvalue weighted by atomic mass is 32.2. The van der Waals surface area contributed by atoms with E-state index in [0.717, 1.165) is 32.2 Å². The number of hydrogen-bond donors (Lipinski definition) is 1. The summed E-state index contributed by atoms with van der Waals surface area (Å²) in [6.07, 6.45) is 4.16. The van der Waals surface area contributed by atoms with Crippen molar-refractivity contribution in [3.05, 3.63) is 0 Å². The van der Waals surface area contributed by atoms with Gasteiger partial charge in [-0.15, -0.1) is 0 Å². The van der Waals surface area contributed by atoms with Gasteiger partial charge in [-0.05, 0) is 38.1 Å². The van der Waals surface area contributed by atoms with Gasteiger partial charge in [-0.1, -0.05) is 34.1 Å². The van der Waals surface area contributed by atoms with Crippen LogP contribution >= 0.6 is 0 Å². The van der Waals surface area contributed by atoms with Crippen LogP contribution in [0.5, 0.6) is 0 Å². The van der Waals surface area contributed by atoms with Gasteiger partial charge in [0, 0.05) is 18.6 Å². The quantitative estimate of drug-likeness (QED) is 0.820. The summed E-state index contributed by atoms with van der Waals surface area (Å²) in [4.78, 5) is 0. The zero-order valence-corrected chi connectivity index (χ0v) is 14.6. The van der Waals surface area contributed by atoms with Crippen LogP contribution in [0, 0.1) is 5.41 Å². The van der Waals surface area contributed by atoms with Crippen LogP contribution in [0.4, 0.5) is 0 Å². The van der Waals surface area contributed by atoms with Crippen molar-refractivity contribution < 1.29 is 8.42 Å². The fraction of sp³-hybridized carbons (Fsp3) is 1.00. The van der Waals surface area contributed by atoms with Crippen molar-refractivity contribution in [3.63, 3.8) is 0 Å². The molecule has 1 N–H and O–H groups in total. The molecule has 2 atom stereocenters. The number of rotatable bonds is 6. The lowest BCUT2D eigenvalue weighted by Gasteiger charge is -2.39. The second kappa shape index (κ2) is 7.23. The summed E-state index contributed by atoms with van der Waals surface area (Å²) >= 11 is 0. The van der Waals surface area contributed by atoms with Gasteiger partial charge in [-0.2, -0.15) is 4.31 Å². The van der Waals surface area contributed by atoms with E-state index in [-0.39, 0.29) is 23.3 Å². The molecule has 5 heteroatoms. The molecule has 2 unspecified atom stereocenters. The van der Waals surface area contributed by atoms with E-state index in [0.29, 0.717) is 6.54 Å². The van der Waals surface area contributed by atoms with E-state index in [1.807, 2.05) is 20.8 Å². The molecule has 1 saturated heterocycles. The molecule has 1 aliphatic heterocycles. The molecule has 1 heterocycles. The van der Waals surface area contributed by atoms with Gasteiger partial charge in [0.1, 0.15) is 0 Å². The summed E-state index contributed by atoms with van der Waals surface area (Å²) in [7, 11) is -3.17. The first-order chi connectivity index (χ1) is 9.17. The molecule has 0 aromatic carbocycles. The highest BCUT2D eigenvalue weighted by Crippen LogP contribution is 2.27. The molecule has 0 aliphatic carbocycles. The van der Waals surface area contributed by atoms with Crippen LogP contribution in [0.3, 0.4) is 0 Å². The molecule has 120 valence electrons. The monoisotopic (exact) mass is 304 g/mol. The zero-order valence-electron chi connectivity index (χ0n) is 13.8. The average Bonchev–Trinajstić information content (AvgIpc) is 2.33. The van der Waals surface area contributed by atoms with E-state index in [2.05, 4.69) is 19.2 Å². The summed E-state index contributed by atoms with van der Waals surface area (Å²) in [5, 5.41) is 3.46. The number of piperidine rings is 1. The Labute approximate surface area is 125 Å². The van der Waals surface area contributed by atoms with Crippen molar-refractivity contribution in [1.29, 1.82) is 0 Å². The number of sulfonamides is 1. The van der Waals surface area contributed by atoms with Crippen LogP contribution in [0.25, 0.3) is 0 Å². The fourth-order valence-corrected chi connectivity index (χ4v) is 5.28. The first-order valence-electron chi connectivity index (χ1n) is 7.90. The highest BCUT2D eigenvalue weighted by molar-refractivity contribution is 7.89. The van der Waals surface area contributed by atoms with Crippen molar-refractivity contribution in [2.75, 3.05) is 18.8 Å². The Morgan fingerprint density at radius 3 is 2.50 bits per heavy atom.